The minimum absolute atomic E-state index is 0.0419. The van der Waals surface area contributed by atoms with Crippen molar-refractivity contribution in [1.82, 2.24) is 0 Å². The number of carbonyl (C=O) groups is 2. The summed E-state index contributed by atoms with van der Waals surface area (Å²) in [7, 11) is 0. The summed E-state index contributed by atoms with van der Waals surface area (Å²) in [4.78, 5) is 22.1. The largest absolute Gasteiger partial charge is 0.479 e. The van der Waals surface area contributed by atoms with E-state index in [0.717, 1.165) is 32.1 Å². The van der Waals surface area contributed by atoms with Gasteiger partial charge in [0.2, 0.25) is 0 Å². The van der Waals surface area contributed by atoms with Gasteiger partial charge in [0.25, 0.3) is 0 Å². The number of carboxylic acids is 1. The number of ketones is 1. The molecule has 21 heavy (non-hydrogen) atoms. The van der Waals surface area contributed by atoms with Crippen molar-refractivity contribution in [1.29, 1.82) is 0 Å². The summed E-state index contributed by atoms with van der Waals surface area (Å²) < 4.78 is 0. The van der Waals surface area contributed by atoms with Crippen LogP contribution in [-0.2, 0) is 9.59 Å². The van der Waals surface area contributed by atoms with Crippen molar-refractivity contribution < 1.29 is 35.1 Å². The van der Waals surface area contributed by atoms with Crippen LogP contribution in [0.25, 0.3) is 0 Å². The molecule has 0 aromatic carbocycles. The van der Waals surface area contributed by atoms with Crippen LogP contribution in [0.4, 0.5) is 0 Å². The van der Waals surface area contributed by atoms with Crippen LogP contribution in [0.1, 0.15) is 51.9 Å². The fourth-order valence-electron chi connectivity index (χ4n) is 1.94. The number of hydrogen-bond acceptors (Lipinski definition) is 6. The summed E-state index contributed by atoms with van der Waals surface area (Å²) in [5.41, 5.74) is 0. The first kappa shape index (κ1) is 20.0. The van der Waals surface area contributed by atoms with Gasteiger partial charge in [-0.1, -0.05) is 39.0 Å². The first-order valence-electron chi connectivity index (χ1n) is 7.30. The first-order chi connectivity index (χ1) is 9.82. The maximum atomic E-state index is 11.6. The van der Waals surface area contributed by atoms with E-state index in [0.29, 0.717) is 6.42 Å². The van der Waals surface area contributed by atoms with E-state index in [9.17, 15) is 24.9 Å². The first-order valence-corrected chi connectivity index (χ1v) is 7.30. The van der Waals surface area contributed by atoms with E-state index in [1.807, 2.05) is 0 Å². The number of Topliss-reactive ketones (excluding diaryl/α,β-unsaturated/α-hetero) is 1. The highest BCUT2D eigenvalue weighted by Gasteiger charge is 2.36. The summed E-state index contributed by atoms with van der Waals surface area (Å²) >= 11 is 0. The molecule has 7 heteroatoms. The van der Waals surface area contributed by atoms with Crippen LogP contribution in [0, 0.1) is 0 Å². The second-order valence-corrected chi connectivity index (χ2v) is 5.19. The average Bonchev–Trinajstić information content (AvgIpc) is 2.47. The van der Waals surface area contributed by atoms with Crippen molar-refractivity contribution in [2.75, 3.05) is 0 Å². The van der Waals surface area contributed by atoms with Crippen LogP contribution in [0.3, 0.4) is 0 Å². The molecule has 0 aromatic rings. The van der Waals surface area contributed by atoms with Gasteiger partial charge in [-0.15, -0.1) is 0 Å². The third kappa shape index (κ3) is 7.52. The van der Waals surface area contributed by atoms with Crippen LogP contribution in [0.2, 0.25) is 0 Å². The highest BCUT2D eigenvalue weighted by Crippen LogP contribution is 2.12. The second-order valence-electron chi connectivity index (χ2n) is 5.19. The van der Waals surface area contributed by atoms with E-state index in [-0.39, 0.29) is 6.42 Å². The van der Waals surface area contributed by atoms with Gasteiger partial charge in [-0.05, 0) is 6.42 Å². The number of carbonyl (C=O) groups excluding carboxylic acids is 1. The minimum atomic E-state index is -2.25. The van der Waals surface area contributed by atoms with Gasteiger partial charge in [-0.2, -0.15) is 0 Å². The molecule has 0 bridgehead atoms. The van der Waals surface area contributed by atoms with Gasteiger partial charge in [-0.3, -0.25) is 4.79 Å². The molecule has 7 nitrogen and oxygen atoms in total. The number of aliphatic hydroxyl groups excluding tert-OH is 4. The summed E-state index contributed by atoms with van der Waals surface area (Å²) in [6.07, 6.45) is -2.54. The van der Waals surface area contributed by atoms with Gasteiger partial charge in [-0.25, -0.2) is 4.79 Å². The second kappa shape index (κ2) is 10.7. The summed E-state index contributed by atoms with van der Waals surface area (Å²) in [6.45, 7) is 2.10. The van der Waals surface area contributed by atoms with Crippen LogP contribution < -0.4 is 0 Å². The van der Waals surface area contributed by atoms with Gasteiger partial charge in [0, 0.05) is 6.42 Å². The molecule has 0 fully saturated rings. The molecule has 5 N–H and O–H groups in total. The normalized spacial score (nSPS) is 17.0. The molecule has 0 spiro atoms. The Balaban J connectivity index is 4.10. The standard InChI is InChI=1S/C14H26O7/c1-2-3-4-5-6-7-8-9(15)10(16)11(17)12(18)13(19)14(20)21/h10-13,16-19H,2-8H2,1H3,(H,20,21)/t10-,11+,12+,13-/m0/s1. The minimum Gasteiger partial charge on any atom is -0.479 e. The van der Waals surface area contributed by atoms with Crippen LogP contribution in [0.15, 0.2) is 0 Å². The zero-order valence-electron chi connectivity index (χ0n) is 12.3. The third-order valence-corrected chi connectivity index (χ3v) is 3.36. The van der Waals surface area contributed by atoms with Gasteiger partial charge < -0.3 is 25.5 Å². The van der Waals surface area contributed by atoms with Gasteiger partial charge >= 0.3 is 5.97 Å². The number of unbranched alkanes of at least 4 members (excludes halogenated alkanes) is 5. The number of hydrogen-bond donors (Lipinski definition) is 5. The van der Waals surface area contributed by atoms with E-state index in [1.54, 1.807) is 0 Å². The molecule has 0 amide bonds. The van der Waals surface area contributed by atoms with E-state index >= 15 is 0 Å². The molecule has 0 aliphatic carbocycles. The molecule has 0 heterocycles. The molecule has 0 aromatic heterocycles. The smallest absolute Gasteiger partial charge is 0.335 e. The lowest BCUT2D eigenvalue weighted by Crippen LogP contribution is -2.50. The highest BCUT2D eigenvalue weighted by atomic mass is 16.4. The van der Waals surface area contributed by atoms with Crippen molar-refractivity contribution >= 4 is 11.8 Å². The molecule has 0 aliphatic rings. The predicted octanol–water partition coefficient (Wildman–Crippen LogP) is -0.166. The molecule has 0 saturated carbocycles. The number of aliphatic carboxylic acids is 1. The Morgan fingerprint density at radius 1 is 0.810 bits per heavy atom. The SMILES string of the molecule is CCCCCCCCC(=O)[C@H](O)[C@@H](O)[C@@H](O)[C@H](O)C(=O)O. The van der Waals surface area contributed by atoms with Gasteiger partial charge in [0.1, 0.15) is 18.3 Å². The van der Waals surface area contributed by atoms with E-state index < -0.39 is 36.2 Å². The zero-order valence-corrected chi connectivity index (χ0v) is 12.3. The Hall–Kier alpha value is -1.02. The predicted molar refractivity (Wildman–Crippen MR) is 74.7 cm³/mol. The maximum Gasteiger partial charge on any atom is 0.335 e. The number of aliphatic hydroxyl groups is 4. The molecule has 0 unspecified atom stereocenters. The molecule has 0 radical (unpaired) electrons. The van der Waals surface area contributed by atoms with Gasteiger partial charge in [0.05, 0.1) is 0 Å². The maximum absolute atomic E-state index is 11.6. The zero-order chi connectivity index (χ0) is 16.4. The fraction of sp³-hybridized carbons (Fsp3) is 0.857. The fourth-order valence-corrected chi connectivity index (χ4v) is 1.94. The highest BCUT2D eigenvalue weighted by molar-refractivity contribution is 5.83. The number of rotatable bonds is 12. The van der Waals surface area contributed by atoms with Crippen LogP contribution in [0.5, 0.6) is 0 Å². The molecule has 4 atom stereocenters. The summed E-state index contributed by atoms with van der Waals surface area (Å²) in [5, 5.41) is 46.0. The molecule has 0 aliphatic heterocycles. The molecule has 0 rings (SSSR count). The van der Waals surface area contributed by atoms with Crippen molar-refractivity contribution in [3.63, 3.8) is 0 Å². The van der Waals surface area contributed by atoms with E-state index in [4.69, 9.17) is 10.2 Å². The monoisotopic (exact) mass is 306 g/mol. The summed E-state index contributed by atoms with van der Waals surface area (Å²) in [6, 6.07) is 0. The van der Waals surface area contributed by atoms with Gasteiger partial charge in [0.15, 0.2) is 11.9 Å². The number of carboxylic acid groups (broad SMARTS) is 1. The lowest BCUT2D eigenvalue weighted by molar-refractivity contribution is -0.165. The van der Waals surface area contributed by atoms with E-state index in [1.165, 1.54) is 0 Å². The molecular formula is C14H26O7. The third-order valence-electron chi connectivity index (χ3n) is 3.36. The lowest BCUT2D eigenvalue weighted by atomic mass is 9.97. The molecule has 124 valence electrons. The Labute approximate surface area is 124 Å². The van der Waals surface area contributed by atoms with Crippen LogP contribution in [-0.4, -0.2) is 61.7 Å². The van der Waals surface area contributed by atoms with Crippen molar-refractivity contribution in [2.45, 2.75) is 76.3 Å². The molecule has 0 saturated heterocycles. The van der Waals surface area contributed by atoms with Crippen molar-refractivity contribution in [2.24, 2.45) is 0 Å². The van der Waals surface area contributed by atoms with Crippen LogP contribution >= 0.6 is 0 Å². The average molecular weight is 306 g/mol. The molecular weight excluding hydrogens is 280 g/mol. The quantitative estimate of drug-likeness (QED) is 0.316. The Bertz CT molecular complexity index is 318. The Morgan fingerprint density at radius 3 is 1.81 bits per heavy atom. The topological polar surface area (TPSA) is 135 Å². The Kier molecular flexibility index (Phi) is 10.2. The van der Waals surface area contributed by atoms with Crippen molar-refractivity contribution in [3.8, 4) is 0 Å². The Morgan fingerprint density at radius 2 is 1.29 bits per heavy atom. The summed E-state index contributed by atoms with van der Waals surface area (Å²) in [5.74, 6) is -2.41. The van der Waals surface area contributed by atoms with Crippen molar-refractivity contribution in [3.05, 3.63) is 0 Å². The van der Waals surface area contributed by atoms with E-state index in [2.05, 4.69) is 6.92 Å². The lowest BCUT2D eigenvalue weighted by Gasteiger charge is -2.23.